The second-order valence-electron chi connectivity index (χ2n) is 4.48. The molecule has 5 nitrogen and oxygen atoms in total. The number of rotatable bonds is 5. The summed E-state index contributed by atoms with van der Waals surface area (Å²) in [5.74, 6) is -0.155. The summed E-state index contributed by atoms with van der Waals surface area (Å²) in [6.07, 6.45) is 2.18. The zero-order valence-corrected chi connectivity index (χ0v) is 10.7. The van der Waals surface area contributed by atoms with Crippen LogP contribution in [0, 0.1) is 5.41 Å². The Morgan fingerprint density at radius 1 is 1.29 bits per heavy atom. The Morgan fingerprint density at radius 2 is 1.88 bits per heavy atom. The number of carbonyl (C=O) groups excluding carboxylic acids is 2. The van der Waals surface area contributed by atoms with Gasteiger partial charge in [-0.1, -0.05) is 20.8 Å². The number of hydrogen-bond donors (Lipinski definition) is 2. The molecule has 0 aromatic carbocycles. The molecule has 1 heterocycles. The first-order valence-electron chi connectivity index (χ1n) is 6.19. The van der Waals surface area contributed by atoms with Crippen LogP contribution in [0.2, 0.25) is 0 Å². The minimum absolute atomic E-state index is 0.0717. The molecule has 5 heteroatoms. The maximum Gasteiger partial charge on any atom is 0.263 e. The highest BCUT2D eigenvalue weighted by atomic mass is 16.2. The highest BCUT2D eigenvalue weighted by molar-refractivity contribution is 6.18. The van der Waals surface area contributed by atoms with E-state index in [-0.39, 0.29) is 17.9 Å². The summed E-state index contributed by atoms with van der Waals surface area (Å²) in [4.78, 5) is 28.0. The molecule has 0 aromatic rings. The summed E-state index contributed by atoms with van der Waals surface area (Å²) in [7, 11) is 0. The molecule has 0 saturated carbocycles. The minimum Gasteiger partial charge on any atom is -0.327 e. The van der Waals surface area contributed by atoms with E-state index in [1.807, 2.05) is 20.8 Å². The largest absolute Gasteiger partial charge is 0.327 e. The van der Waals surface area contributed by atoms with Gasteiger partial charge in [0.1, 0.15) is 11.3 Å². The Labute approximate surface area is 102 Å². The predicted molar refractivity (Wildman–Crippen MR) is 66.5 cm³/mol. The molecule has 0 aliphatic carbocycles. The van der Waals surface area contributed by atoms with Gasteiger partial charge in [0.05, 0.1) is 0 Å². The molecule has 1 aliphatic heterocycles. The molecule has 3 N–H and O–H groups in total. The van der Waals surface area contributed by atoms with Gasteiger partial charge in [-0.15, -0.1) is 0 Å². The van der Waals surface area contributed by atoms with E-state index in [9.17, 15) is 9.59 Å². The molecule has 1 aliphatic rings. The van der Waals surface area contributed by atoms with Gasteiger partial charge in [-0.25, -0.2) is 0 Å². The van der Waals surface area contributed by atoms with E-state index in [2.05, 4.69) is 10.3 Å². The van der Waals surface area contributed by atoms with E-state index in [0.29, 0.717) is 25.1 Å². The van der Waals surface area contributed by atoms with Crippen LogP contribution in [0.3, 0.4) is 0 Å². The van der Waals surface area contributed by atoms with Crippen LogP contribution in [0.4, 0.5) is 0 Å². The van der Waals surface area contributed by atoms with Gasteiger partial charge in [-0.05, 0) is 19.3 Å². The lowest BCUT2D eigenvalue weighted by Crippen LogP contribution is -2.52. The molecule has 1 unspecified atom stereocenters. The van der Waals surface area contributed by atoms with Gasteiger partial charge >= 0.3 is 0 Å². The number of nitrogens with one attached hydrogen (secondary N) is 1. The van der Waals surface area contributed by atoms with Crippen molar-refractivity contribution >= 4 is 17.6 Å². The molecule has 0 bridgehead atoms. The van der Waals surface area contributed by atoms with Crippen LogP contribution in [-0.4, -0.2) is 23.7 Å². The lowest BCUT2D eigenvalue weighted by Gasteiger charge is -2.31. The van der Waals surface area contributed by atoms with E-state index in [1.54, 1.807) is 0 Å². The summed E-state index contributed by atoms with van der Waals surface area (Å²) in [5, 5.41) is 2.72. The van der Waals surface area contributed by atoms with Crippen molar-refractivity contribution in [3.63, 3.8) is 0 Å². The van der Waals surface area contributed by atoms with Crippen molar-refractivity contribution in [3.05, 3.63) is 0 Å². The third-order valence-corrected chi connectivity index (χ3v) is 3.53. The van der Waals surface area contributed by atoms with Gasteiger partial charge < -0.3 is 11.1 Å². The zero-order valence-electron chi connectivity index (χ0n) is 10.7. The average molecular weight is 239 g/mol. The first-order valence-corrected chi connectivity index (χ1v) is 6.19. The maximum atomic E-state index is 12.0. The fourth-order valence-electron chi connectivity index (χ4n) is 1.97. The van der Waals surface area contributed by atoms with E-state index in [0.717, 1.165) is 6.42 Å². The van der Waals surface area contributed by atoms with Crippen molar-refractivity contribution in [2.75, 3.05) is 0 Å². The Morgan fingerprint density at radius 3 is 2.29 bits per heavy atom. The number of carbonyl (C=O) groups is 2. The topological polar surface area (TPSA) is 84.5 Å². The summed E-state index contributed by atoms with van der Waals surface area (Å²) in [6.45, 7) is 5.62. The molecular weight excluding hydrogens is 218 g/mol. The van der Waals surface area contributed by atoms with E-state index < -0.39 is 5.41 Å². The Kier molecular flexibility index (Phi) is 4.40. The molecule has 0 saturated heterocycles. The molecule has 1 atom stereocenters. The van der Waals surface area contributed by atoms with Gasteiger partial charge in [-0.2, -0.15) is 4.99 Å². The fourth-order valence-corrected chi connectivity index (χ4v) is 1.97. The number of amides is 2. The smallest absolute Gasteiger partial charge is 0.263 e. The summed E-state index contributed by atoms with van der Waals surface area (Å²) >= 11 is 0. The molecule has 17 heavy (non-hydrogen) atoms. The zero-order chi connectivity index (χ0) is 13.1. The quantitative estimate of drug-likeness (QED) is 0.701. The summed E-state index contributed by atoms with van der Waals surface area (Å²) < 4.78 is 0. The lowest BCUT2D eigenvalue weighted by molar-refractivity contribution is -0.142. The first kappa shape index (κ1) is 13.8. The second-order valence-corrected chi connectivity index (χ2v) is 4.48. The van der Waals surface area contributed by atoms with Crippen LogP contribution >= 0.6 is 0 Å². The Hall–Kier alpha value is -1.23. The van der Waals surface area contributed by atoms with Crippen molar-refractivity contribution < 1.29 is 9.59 Å². The lowest BCUT2D eigenvalue weighted by atomic mass is 9.79. The SMILES string of the molecule is CCC(N)CC1=NC(=O)C(CC)(CC)C(=O)N1. The Balaban J connectivity index is 2.91. The van der Waals surface area contributed by atoms with Crippen molar-refractivity contribution in [2.24, 2.45) is 16.1 Å². The number of nitrogens with two attached hydrogens (primary N) is 1. The molecule has 0 fully saturated rings. The van der Waals surface area contributed by atoms with E-state index in [1.165, 1.54) is 0 Å². The predicted octanol–water partition coefficient (Wildman–Crippen LogP) is 0.975. The second kappa shape index (κ2) is 5.40. The number of nitrogens with zero attached hydrogens (tertiary/aromatic N) is 1. The van der Waals surface area contributed by atoms with Crippen LogP contribution in [0.1, 0.15) is 46.5 Å². The Bertz CT molecular complexity index is 346. The van der Waals surface area contributed by atoms with Gasteiger partial charge in [0.2, 0.25) is 5.91 Å². The van der Waals surface area contributed by atoms with Gasteiger partial charge in [0.15, 0.2) is 0 Å². The molecule has 0 radical (unpaired) electrons. The van der Waals surface area contributed by atoms with Crippen LogP contribution in [0.25, 0.3) is 0 Å². The third kappa shape index (κ3) is 2.54. The van der Waals surface area contributed by atoms with Crippen LogP contribution in [0.5, 0.6) is 0 Å². The highest BCUT2D eigenvalue weighted by Gasteiger charge is 2.45. The molecule has 0 aromatic heterocycles. The maximum absolute atomic E-state index is 12.0. The monoisotopic (exact) mass is 239 g/mol. The van der Waals surface area contributed by atoms with Gasteiger partial charge in [0.25, 0.3) is 5.91 Å². The molecule has 1 rings (SSSR count). The molecule has 2 amide bonds. The van der Waals surface area contributed by atoms with Crippen molar-refractivity contribution in [3.8, 4) is 0 Å². The van der Waals surface area contributed by atoms with Crippen LogP contribution in [0.15, 0.2) is 4.99 Å². The normalized spacial score (nSPS) is 20.8. The molecular formula is C12H21N3O2. The first-order chi connectivity index (χ1) is 8.00. The third-order valence-electron chi connectivity index (χ3n) is 3.53. The average Bonchev–Trinajstić information content (AvgIpc) is 2.30. The highest BCUT2D eigenvalue weighted by Crippen LogP contribution is 2.30. The van der Waals surface area contributed by atoms with Crippen molar-refractivity contribution in [2.45, 2.75) is 52.5 Å². The minimum atomic E-state index is -0.972. The van der Waals surface area contributed by atoms with E-state index in [4.69, 9.17) is 5.73 Å². The number of aliphatic imine (C=N–C) groups is 1. The van der Waals surface area contributed by atoms with Gasteiger partial charge in [-0.3, -0.25) is 9.59 Å². The van der Waals surface area contributed by atoms with Crippen LogP contribution < -0.4 is 11.1 Å². The number of amidine groups is 1. The van der Waals surface area contributed by atoms with E-state index >= 15 is 0 Å². The van der Waals surface area contributed by atoms with Crippen molar-refractivity contribution in [1.29, 1.82) is 0 Å². The summed E-state index contributed by atoms with van der Waals surface area (Å²) in [5.41, 5.74) is 4.81. The molecule has 0 spiro atoms. The molecule has 96 valence electrons. The van der Waals surface area contributed by atoms with Crippen molar-refractivity contribution in [1.82, 2.24) is 5.32 Å². The standard InChI is InChI=1S/C12H21N3O2/c1-4-8(13)7-9-14-10(16)12(5-2,6-3)11(17)15-9/h8H,4-7,13H2,1-3H3,(H,14,15,16,17). The summed E-state index contributed by atoms with van der Waals surface area (Å²) in [6, 6.07) is -0.0717. The van der Waals surface area contributed by atoms with Gasteiger partial charge in [0, 0.05) is 12.5 Å². The fraction of sp³-hybridized carbons (Fsp3) is 0.750. The number of hydrogen-bond acceptors (Lipinski definition) is 3. The van der Waals surface area contributed by atoms with Crippen LogP contribution in [-0.2, 0) is 9.59 Å².